The lowest BCUT2D eigenvalue weighted by Crippen LogP contribution is -2.25. The Kier molecular flexibility index (Phi) is 5.30. The fraction of sp³-hybridized carbons (Fsp3) is 0.176. The number of benzene rings is 1. The van der Waals surface area contributed by atoms with Gasteiger partial charge in [0.15, 0.2) is 5.65 Å². The number of carbonyl (C=O) groups is 1. The van der Waals surface area contributed by atoms with Crippen molar-refractivity contribution >= 4 is 23.3 Å². The van der Waals surface area contributed by atoms with Crippen molar-refractivity contribution in [2.24, 2.45) is 0 Å². The number of aromatic nitrogens is 4. The molecule has 8 heteroatoms. The SMILES string of the molecule is C=CCNC(=O)CSc1nnc2ccc(-c3ccc(OC)cc3)nn12. The van der Waals surface area contributed by atoms with Gasteiger partial charge < -0.3 is 10.1 Å². The van der Waals surface area contributed by atoms with Crippen molar-refractivity contribution in [3.63, 3.8) is 0 Å². The van der Waals surface area contributed by atoms with Crippen molar-refractivity contribution in [3.8, 4) is 17.0 Å². The molecule has 25 heavy (non-hydrogen) atoms. The van der Waals surface area contributed by atoms with Gasteiger partial charge in [0.05, 0.1) is 18.6 Å². The zero-order valence-corrected chi connectivity index (χ0v) is 14.5. The molecule has 128 valence electrons. The van der Waals surface area contributed by atoms with E-state index < -0.39 is 0 Å². The number of nitrogens with zero attached hydrogens (tertiary/aromatic N) is 4. The minimum Gasteiger partial charge on any atom is -0.497 e. The first kappa shape index (κ1) is 17.0. The van der Waals surface area contributed by atoms with Crippen LogP contribution in [0.25, 0.3) is 16.9 Å². The third kappa shape index (κ3) is 3.97. The summed E-state index contributed by atoms with van der Waals surface area (Å²) in [7, 11) is 1.63. The first-order valence-electron chi connectivity index (χ1n) is 7.58. The van der Waals surface area contributed by atoms with Crippen LogP contribution in [-0.4, -0.2) is 45.1 Å². The number of carbonyl (C=O) groups excluding carboxylic acids is 1. The zero-order valence-electron chi connectivity index (χ0n) is 13.7. The quantitative estimate of drug-likeness (QED) is 0.517. The van der Waals surface area contributed by atoms with E-state index in [2.05, 4.69) is 27.2 Å². The molecule has 3 aromatic rings. The van der Waals surface area contributed by atoms with Gasteiger partial charge in [-0.25, -0.2) is 0 Å². The molecule has 0 saturated heterocycles. The number of hydrogen-bond donors (Lipinski definition) is 1. The number of ether oxygens (including phenoxy) is 1. The van der Waals surface area contributed by atoms with Crippen LogP contribution in [0.4, 0.5) is 0 Å². The number of hydrogen-bond acceptors (Lipinski definition) is 6. The van der Waals surface area contributed by atoms with E-state index in [0.29, 0.717) is 17.3 Å². The Hall–Kier alpha value is -2.87. The standard InChI is InChI=1S/C17H17N5O2S/c1-3-10-18-16(23)11-25-17-20-19-15-9-8-14(21-22(15)17)12-4-6-13(24-2)7-5-12/h3-9H,1,10-11H2,2H3,(H,18,23). The van der Waals surface area contributed by atoms with E-state index in [1.165, 1.54) is 11.8 Å². The van der Waals surface area contributed by atoms with Gasteiger partial charge in [0.1, 0.15) is 5.75 Å². The number of amides is 1. The molecule has 1 N–H and O–H groups in total. The Labute approximate surface area is 149 Å². The maximum Gasteiger partial charge on any atom is 0.230 e. The highest BCUT2D eigenvalue weighted by atomic mass is 32.2. The highest BCUT2D eigenvalue weighted by molar-refractivity contribution is 7.99. The molecule has 3 rings (SSSR count). The first-order valence-corrected chi connectivity index (χ1v) is 8.57. The molecule has 0 unspecified atom stereocenters. The second-order valence-electron chi connectivity index (χ2n) is 5.08. The molecule has 0 spiro atoms. The van der Waals surface area contributed by atoms with Crippen LogP contribution in [0.5, 0.6) is 5.75 Å². The summed E-state index contributed by atoms with van der Waals surface area (Å²) in [6, 6.07) is 11.4. The van der Waals surface area contributed by atoms with E-state index in [-0.39, 0.29) is 11.7 Å². The van der Waals surface area contributed by atoms with Gasteiger partial charge in [-0.15, -0.1) is 16.8 Å². The summed E-state index contributed by atoms with van der Waals surface area (Å²) in [5, 5.41) is 16.1. The van der Waals surface area contributed by atoms with Gasteiger partial charge in [-0.2, -0.15) is 9.61 Å². The molecule has 0 aliphatic carbocycles. The Balaban J connectivity index is 1.81. The van der Waals surface area contributed by atoms with Crippen LogP contribution in [0, 0.1) is 0 Å². The third-order valence-electron chi connectivity index (χ3n) is 3.40. The second-order valence-corrected chi connectivity index (χ2v) is 6.02. The predicted molar refractivity (Wildman–Crippen MR) is 96.7 cm³/mol. The van der Waals surface area contributed by atoms with Gasteiger partial charge >= 0.3 is 0 Å². The van der Waals surface area contributed by atoms with Gasteiger partial charge in [-0.1, -0.05) is 17.8 Å². The monoisotopic (exact) mass is 355 g/mol. The van der Waals surface area contributed by atoms with Crippen molar-refractivity contribution in [3.05, 3.63) is 49.1 Å². The summed E-state index contributed by atoms with van der Waals surface area (Å²) in [5.41, 5.74) is 2.37. The summed E-state index contributed by atoms with van der Waals surface area (Å²) in [6.07, 6.45) is 1.64. The molecule has 0 radical (unpaired) electrons. The van der Waals surface area contributed by atoms with Crippen LogP contribution in [0.2, 0.25) is 0 Å². The minimum absolute atomic E-state index is 0.0899. The molecule has 2 aromatic heterocycles. The van der Waals surface area contributed by atoms with Crippen LogP contribution >= 0.6 is 11.8 Å². The van der Waals surface area contributed by atoms with Crippen LogP contribution in [-0.2, 0) is 4.79 Å². The Morgan fingerprint density at radius 3 is 2.80 bits per heavy atom. The Morgan fingerprint density at radius 2 is 2.08 bits per heavy atom. The van der Waals surface area contributed by atoms with Crippen molar-refractivity contribution in [1.82, 2.24) is 25.1 Å². The van der Waals surface area contributed by atoms with Crippen molar-refractivity contribution in [2.45, 2.75) is 5.16 Å². The van der Waals surface area contributed by atoms with Gasteiger partial charge in [-0.3, -0.25) is 4.79 Å². The van der Waals surface area contributed by atoms with Gasteiger partial charge in [0.2, 0.25) is 11.1 Å². The summed E-state index contributed by atoms with van der Waals surface area (Å²) in [6.45, 7) is 4.01. The number of rotatable bonds is 7. The Morgan fingerprint density at radius 1 is 1.28 bits per heavy atom. The lowest BCUT2D eigenvalue weighted by molar-refractivity contribution is -0.118. The molecule has 1 amide bonds. The minimum atomic E-state index is -0.0899. The largest absolute Gasteiger partial charge is 0.497 e. The smallest absolute Gasteiger partial charge is 0.230 e. The van der Waals surface area contributed by atoms with E-state index in [0.717, 1.165) is 17.0 Å². The summed E-state index contributed by atoms with van der Waals surface area (Å²) < 4.78 is 6.82. The average Bonchev–Trinajstić information content (AvgIpc) is 3.07. The highest BCUT2D eigenvalue weighted by Crippen LogP contribution is 2.22. The molecule has 2 heterocycles. The highest BCUT2D eigenvalue weighted by Gasteiger charge is 2.11. The molecular weight excluding hydrogens is 338 g/mol. The molecule has 7 nitrogen and oxygen atoms in total. The summed E-state index contributed by atoms with van der Waals surface area (Å²) in [4.78, 5) is 11.7. The molecule has 0 atom stereocenters. The molecule has 0 aliphatic heterocycles. The summed E-state index contributed by atoms with van der Waals surface area (Å²) >= 11 is 1.29. The van der Waals surface area contributed by atoms with Gasteiger partial charge in [-0.05, 0) is 36.4 Å². The zero-order chi connectivity index (χ0) is 17.6. The number of fused-ring (bicyclic) bond motifs is 1. The van der Waals surface area contributed by atoms with E-state index in [9.17, 15) is 4.79 Å². The number of methoxy groups -OCH3 is 1. The van der Waals surface area contributed by atoms with Gasteiger partial charge in [0, 0.05) is 12.1 Å². The fourth-order valence-corrected chi connectivity index (χ4v) is 2.86. The second kappa shape index (κ2) is 7.80. The first-order chi connectivity index (χ1) is 12.2. The van der Waals surface area contributed by atoms with E-state index in [1.54, 1.807) is 17.7 Å². The third-order valence-corrected chi connectivity index (χ3v) is 4.32. The van der Waals surface area contributed by atoms with Crippen LogP contribution in [0.3, 0.4) is 0 Å². The molecule has 1 aromatic carbocycles. The average molecular weight is 355 g/mol. The fourth-order valence-electron chi connectivity index (χ4n) is 2.14. The lowest BCUT2D eigenvalue weighted by atomic mass is 10.1. The number of nitrogens with one attached hydrogen (secondary N) is 1. The van der Waals surface area contributed by atoms with Crippen molar-refractivity contribution < 1.29 is 9.53 Å². The predicted octanol–water partition coefficient (Wildman–Crippen LogP) is 2.19. The lowest BCUT2D eigenvalue weighted by Gasteiger charge is -2.05. The van der Waals surface area contributed by atoms with Crippen LogP contribution in [0.15, 0.2) is 54.2 Å². The maximum atomic E-state index is 11.7. The summed E-state index contributed by atoms with van der Waals surface area (Å²) in [5.74, 6) is 0.937. The van der Waals surface area contributed by atoms with E-state index in [1.807, 2.05) is 36.4 Å². The maximum absolute atomic E-state index is 11.7. The van der Waals surface area contributed by atoms with Crippen LogP contribution in [0.1, 0.15) is 0 Å². The Bertz CT molecular complexity index is 892. The molecular formula is C17H17N5O2S. The normalized spacial score (nSPS) is 10.6. The molecule has 0 aliphatic rings. The number of thioether (sulfide) groups is 1. The molecule has 0 fully saturated rings. The van der Waals surface area contributed by atoms with Crippen molar-refractivity contribution in [1.29, 1.82) is 0 Å². The van der Waals surface area contributed by atoms with Crippen molar-refractivity contribution in [2.75, 3.05) is 19.4 Å². The van der Waals surface area contributed by atoms with E-state index >= 15 is 0 Å². The molecule has 0 saturated carbocycles. The van der Waals surface area contributed by atoms with Gasteiger partial charge in [0.25, 0.3) is 0 Å². The molecule has 0 bridgehead atoms. The van der Waals surface area contributed by atoms with E-state index in [4.69, 9.17) is 4.74 Å². The van der Waals surface area contributed by atoms with Crippen LogP contribution < -0.4 is 10.1 Å². The topological polar surface area (TPSA) is 81.4 Å².